The number of fused-ring (bicyclic) bond motifs is 3. The van der Waals surface area contributed by atoms with Crippen molar-refractivity contribution in [3.8, 4) is 11.5 Å². The highest BCUT2D eigenvalue weighted by atomic mass is 16.5. The molecule has 2 atom stereocenters. The summed E-state index contributed by atoms with van der Waals surface area (Å²) in [7, 11) is 0. The number of rotatable bonds is 6. The van der Waals surface area contributed by atoms with Crippen LogP contribution < -0.4 is 4.74 Å². The molecule has 2 aliphatic rings. The molecule has 1 aromatic carbocycles. The second-order valence-electron chi connectivity index (χ2n) is 6.93. The van der Waals surface area contributed by atoms with Gasteiger partial charge in [-0.25, -0.2) is 0 Å². The number of phenols is 1. The summed E-state index contributed by atoms with van der Waals surface area (Å²) in [6.07, 6.45) is -29.2. The first kappa shape index (κ1) is 6.00. The van der Waals surface area contributed by atoms with Crippen molar-refractivity contribution >= 4 is 5.78 Å². The molecule has 150 valence electrons. The van der Waals surface area contributed by atoms with Gasteiger partial charge in [0.05, 0.1) is 0 Å². The fourth-order valence-corrected chi connectivity index (χ4v) is 3.38. The highest BCUT2D eigenvalue weighted by molar-refractivity contribution is 5.81. The van der Waals surface area contributed by atoms with Gasteiger partial charge in [0, 0.05) is 61.7 Å². The maximum absolute atomic E-state index is 13.0. The molecule has 1 aromatic rings. The fraction of sp³-hybridized carbons (Fsp3) is 0.708. The minimum atomic E-state index is -4.74. The second kappa shape index (κ2) is 7.48. The molecule has 1 aliphatic heterocycles. The van der Waals surface area contributed by atoms with E-state index in [2.05, 4.69) is 0 Å². The summed E-state index contributed by atoms with van der Waals surface area (Å²) in [6, 6.07) is 0.843. The molecular weight excluding hydrogens is 336 g/mol. The number of ketones is 1. The largest absolute Gasteiger partial charge is 0.508 e. The summed E-state index contributed by atoms with van der Waals surface area (Å²) in [6.45, 7) is -9.91. The van der Waals surface area contributed by atoms with Gasteiger partial charge in [-0.15, -0.1) is 0 Å². The van der Waals surface area contributed by atoms with Crippen molar-refractivity contribution in [3.05, 3.63) is 23.3 Å². The Labute approximate surface area is 196 Å². The third-order valence-corrected chi connectivity index (χ3v) is 4.74. The van der Waals surface area contributed by atoms with Crippen molar-refractivity contribution in [2.45, 2.75) is 102 Å². The van der Waals surface area contributed by atoms with Gasteiger partial charge in [-0.1, -0.05) is 46.0 Å². The van der Waals surface area contributed by atoms with Crippen LogP contribution in [0.25, 0.3) is 0 Å². The number of hydrogen-bond donors (Lipinski definition) is 1. The SMILES string of the molecule is [2H]C1([2H])C[C@@H]2[C@H](c3c(O)cc(C(C([2H])([2H])[2H])(C([2H])([2H])[2H])C([2H])([2H])C([2H])([2H])C([2H])([2H])C([2H])([2H])C([2H])([2H])C([2H])([2H])[2H])cc3OC2(C)C)C([2H])([2H])C1=O. The molecule has 0 aromatic heterocycles. The van der Waals surface area contributed by atoms with Crippen LogP contribution in [0.2, 0.25) is 0 Å². The standard InChI is InChI=1S/C24H36O3/c1-6-7-8-9-12-23(2,3)16-13-20(26)22-18-15-17(25)10-11-19(18)24(4,5)27-21(22)14-16/h13-14,18-19,26H,6-12,15H2,1-5H3/t18-,19-/m1/s1/i1D3,2D3,3D3,6D2,7D2,8D2,9D2,10D2,12D2,15D2. The number of benzene rings is 1. The van der Waals surface area contributed by atoms with E-state index in [0.717, 1.165) is 0 Å². The summed E-state index contributed by atoms with van der Waals surface area (Å²) in [5.74, 6) is -6.29. The molecule has 1 saturated carbocycles. The quantitative estimate of drug-likeness (QED) is 0.618. The zero-order chi connectivity index (χ0) is 39.9. The third-order valence-electron chi connectivity index (χ3n) is 4.74. The van der Waals surface area contributed by atoms with Crippen molar-refractivity contribution in [3.63, 3.8) is 0 Å². The van der Waals surface area contributed by atoms with Gasteiger partial charge in [-0.2, -0.15) is 0 Å². The highest BCUT2D eigenvalue weighted by Gasteiger charge is 2.47. The van der Waals surface area contributed by atoms with Crippen LogP contribution in [0.3, 0.4) is 0 Å². The number of ether oxygens (including phenoxy) is 1. The lowest BCUT2D eigenvalue weighted by atomic mass is 9.66. The summed E-state index contributed by atoms with van der Waals surface area (Å²) in [4.78, 5) is 13.0. The van der Waals surface area contributed by atoms with Gasteiger partial charge in [-0.05, 0) is 49.8 Å². The van der Waals surface area contributed by atoms with Gasteiger partial charge < -0.3 is 9.84 Å². The predicted molar refractivity (Wildman–Crippen MR) is 110 cm³/mol. The molecule has 0 spiro atoms. The Hall–Kier alpha value is -1.51. The van der Waals surface area contributed by atoms with Crippen molar-refractivity contribution < 1.29 is 46.2 Å². The van der Waals surface area contributed by atoms with Crippen LogP contribution in [0.4, 0.5) is 0 Å². The van der Waals surface area contributed by atoms with Crippen molar-refractivity contribution in [2.75, 3.05) is 0 Å². The third kappa shape index (κ3) is 4.02. The smallest absolute Gasteiger partial charge is 0.133 e. The van der Waals surface area contributed by atoms with E-state index >= 15 is 0 Å². The first-order valence-electron chi connectivity index (χ1n) is 19.7. The Morgan fingerprint density at radius 3 is 2.93 bits per heavy atom. The van der Waals surface area contributed by atoms with Crippen LogP contribution in [0, 0.1) is 5.92 Å². The Kier molecular flexibility index (Phi) is 1.66. The zero-order valence-electron chi connectivity index (χ0n) is 37.8. The molecule has 0 saturated heterocycles. The maximum atomic E-state index is 13.0. The molecule has 3 nitrogen and oxygen atoms in total. The highest BCUT2D eigenvalue weighted by Crippen LogP contribution is 2.54. The van der Waals surface area contributed by atoms with Crippen LogP contribution in [-0.4, -0.2) is 16.5 Å². The lowest BCUT2D eigenvalue weighted by Crippen LogP contribution is -2.47. The topological polar surface area (TPSA) is 46.5 Å². The van der Waals surface area contributed by atoms with Crippen molar-refractivity contribution in [2.24, 2.45) is 5.92 Å². The van der Waals surface area contributed by atoms with E-state index in [4.69, 9.17) is 36.3 Å². The lowest BCUT2D eigenvalue weighted by molar-refractivity contribution is -0.124. The normalized spacial score (nSPS) is 44.5. The average Bonchev–Trinajstić information content (AvgIpc) is 2.84. The molecule has 0 bridgehead atoms. The maximum Gasteiger partial charge on any atom is 0.133 e. The van der Waals surface area contributed by atoms with E-state index in [0.29, 0.717) is 12.1 Å². The minimum absolute atomic E-state index is 0.319. The van der Waals surface area contributed by atoms with Gasteiger partial charge >= 0.3 is 0 Å². The van der Waals surface area contributed by atoms with Crippen molar-refractivity contribution in [1.82, 2.24) is 0 Å². The number of carbonyl (C=O) groups excluding carboxylic acids is 1. The van der Waals surface area contributed by atoms with E-state index in [-0.39, 0.29) is 0 Å². The van der Waals surface area contributed by atoms with Gasteiger partial charge in [0.1, 0.15) is 22.9 Å². The number of carbonyl (C=O) groups is 1. The molecule has 27 heavy (non-hydrogen) atoms. The Morgan fingerprint density at radius 2 is 2.19 bits per heavy atom. The summed E-state index contributed by atoms with van der Waals surface area (Å²) >= 11 is 0. The van der Waals surface area contributed by atoms with Gasteiger partial charge in [0.2, 0.25) is 0 Å². The Morgan fingerprint density at radius 1 is 1.37 bits per heavy atom. The molecular formula is C24H36O3. The first-order valence-corrected chi connectivity index (χ1v) is 8.20. The fourth-order valence-electron chi connectivity index (χ4n) is 3.38. The molecule has 1 N–H and O–H groups in total. The summed E-state index contributed by atoms with van der Waals surface area (Å²) < 4.78 is 195. The van der Waals surface area contributed by atoms with Crippen LogP contribution in [0.15, 0.2) is 12.1 Å². The average molecular weight is 396 g/mol. The van der Waals surface area contributed by atoms with E-state index in [1.807, 2.05) is 0 Å². The van der Waals surface area contributed by atoms with Crippen LogP contribution in [0.5, 0.6) is 11.5 Å². The molecule has 1 heterocycles. The van der Waals surface area contributed by atoms with E-state index in [1.54, 1.807) is 0 Å². The second-order valence-corrected chi connectivity index (χ2v) is 6.93. The minimum Gasteiger partial charge on any atom is -0.508 e. The molecule has 0 unspecified atom stereocenters. The van der Waals surface area contributed by atoms with E-state index < -0.39 is 123 Å². The Bertz CT molecular complexity index is 1520. The number of aromatic hydroxyl groups is 1. The number of phenolic OH excluding ortho intramolecular Hbond substituents is 1. The Balaban J connectivity index is 2.51. The number of Topliss-reactive ketones (excluding diaryl/α,β-unsaturated/α-hetero) is 1. The van der Waals surface area contributed by atoms with Gasteiger partial charge in [-0.3, -0.25) is 4.79 Å². The summed E-state index contributed by atoms with van der Waals surface area (Å²) in [5.41, 5.74) is -7.83. The van der Waals surface area contributed by atoms with Gasteiger partial charge in [0.25, 0.3) is 0 Å². The van der Waals surface area contributed by atoms with E-state index in [1.165, 1.54) is 13.8 Å². The first-order chi connectivity index (χ1) is 21.6. The molecule has 1 aliphatic carbocycles. The van der Waals surface area contributed by atoms with Crippen molar-refractivity contribution in [1.29, 1.82) is 0 Å². The molecule has 1 fully saturated rings. The van der Waals surface area contributed by atoms with Gasteiger partial charge in [0.15, 0.2) is 0 Å². The monoisotopic (exact) mass is 395 g/mol. The molecule has 3 rings (SSSR count). The molecule has 3 heteroatoms. The van der Waals surface area contributed by atoms with Crippen LogP contribution in [0.1, 0.15) is 134 Å². The lowest BCUT2D eigenvalue weighted by Gasteiger charge is -2.47. The van der Waals surface area contributed by atoms with E-state index in [9.17, 15) is 9.90 Å². The number of hydrogen-bond acceptors (Lipinski definition) is 3. The predicted octanol–water partition coefficient (Wildman–Crippen LogP) is 6.26. The summed E-state index contributed by atoms with van der Waals surface area (Å²) in [5, 5.41) is 11.4. The molecule has 0 amide bonds. The van der Waals surface area contributed by atoms with Crippen LogP contribution in [-0.2, 0) is 10.2 Å². The van der Waals surface area contributed by atoms with Crippen LogP contribution >= 0.6 is 0 Å². The zero-order valence-corrected chi connectivity index (χ0v) is 14.8. The molecule has 0 radical (unpaired) electrons.